The molecule has 1 unspecified atom stereocenters. The lowest BCUT2D eigenvalue weighted by Gasteiger charge is -2.34. The molecule has 0 aromatic heterocycles. The van der Waals surface area contributed by atoms with Gasteiger partial charge in [0.05, 0.1) is 24.6 Å². The summed E-state index contributed by atoms with van der Waals surface area (Å²) >= 11 is 5.73. The van der Waals surface area contributed by atoms with Gasteiger partial charge in [0, 0.05) is 12.4 Å². The number of halogens is 1. The standard InChI is InChI=1S/C10H15ClN2O2/c1-10(2,7-11)9(14)13-3-4-15-8(5-12)6-13/h8H,3-4,6-7H2,1-2H3. The molecule has 1 atom stereocenters. The summed E-state index contributed by atoms with van der Waals surface area (Å²) in [6.07, 6.45) is -0.506. The van der Waals surface area contributed by atoms with Crippen molar-refractivity contribution in [2.24, 2.45) is 5.41 Å². The Morgan fingerprint density at radius 3 is 2.93 bits per heavy atom. The maximum absolute atomic E-state index is 12.0. The molecule has 1 fully saturated rings. The Morgan fingerprint density at radius 1 is 1.73 bits per heavy atom. The SMILES string of the molecule is CC(C)(CCl)C(=O)N1CCOC(C#N)C1. The van der Waals surface area contributed by atoms with Gasteiger partial charge in [0.25, 0.3) is 0 Å². The molecule has 0 spiro atoms. The molecule has 0 aliphatic carbocycles. The number of rotatable bonds is 2. The Labute approximate surface area is 94.7 Å². The van der Waals surface area contributed by atoms with Crippen molar-refractivity contribution in [2.45, 2.75) is 20.0 Å². The molecule has 0 bridgehead atoms. The molecule has 1 amide bonds. The van der Waals surface area contributed by atoms with Gasteiger partial charge in [0.1, 0.15) is 0 Å². The lowest BCUT2D eigenvalue weighted by molar-refractivity contribution is -0.145. The third kappa shape index (κ3) is 2.83. The number of carbonyl (C=O) groups excluding carboxylic acids is 1. The molecule has 0 saturated carbocycles. The number of morpholine rings is 1. The number of nitriles is 1. The Bertz CT molecular complexity index is 286. The first-order valence-corrected chi connectivity index (χ1v) is 5.41. The fraction of sp³-hybridized carbons (Fsp3) is 0.800. The third-order valence-corrected chi connectivity index (χ3v) is 3.08. The van der Waals surface area contributed by atoms with E-state index in [0.29, 0.717) is 19.7 Å². The second-order valence-electron chi connectivity index (χ2n) is 4.26. The molecular formula is C10H15ClN2O2. The van der Waals surface area contributed by atoms with Gasteiger partial charge < -0.3 is 9.64 Å². The highest BCUT2D eigenvalue weighted by atomic mass is 35.5. The van der Waals surface area contributed by atoms with Crippen LogP contribution in [0.3, 0.4) is 0 Å². The third-order valence-electron chi connectivity index (χ3n) is 2.41. The summed E-state index contributed by atoms with van der Waals surface area (Å²) < 4.78 is 5.17. The van der Waals surface area contributed by atoms with Crippen LogP contribution in [0.5, 0.6) is 0 Å². The molecule has 5 heteroatoms. The van der Waals surface area contributed by atoms with Gasteiger partial charge in [-0.25, -0.2) is 0 Å². The normalized spacial score (nSPS) is 22.3. The lowest BCUT2D eigenvalue weighted by Crippen LogP contribution is -2.50. The van der Waals surface area contributed by atoms with Gasteiger partial charge in [0.2, 0.25) is 5.91 Å². The molecule has 0 radical (unpaired) electrons. The number of hydrogen-bond donors (Lipinski definition) is 0. The summed E-state index contributed by atoms with van der Waals surface area (Å²) in [4.78, 5) is 13.6. The maximum atomic E-state index is 12.0. The van der Waals surface area contributed by atoms with Crippen LogP contribution in [-0.2, 0) is 9.53 Å². The fourth-order valence-electron chi connectivity index (χ4n) is 1.40. The minimum Gasteiger partial charge on any atom is -0.360 e. The molecule has 1 heterocycles. The Balaban J connectivity index is 2.65. The average Bonchev–Trinajstić information content (AvgIpc) is 2.28. The van der Waals surface area contributed by atoms with Gasteiger partial charge in [-0.05, 0) is 13.8 Å². The summed E-state index contributed by atoms with van der Waals surface area (Å²) in [5.74, 6) is 0.265. The van der Waals surface area contributed by atoms with Crippen LogP contribution in [0.4, 0.5) is 0 Å². The molecule has 1 aliphatic heterocycles. The van der Waals surface area contributed by atoms with Crippen LogP contribution in [0.2, 0.25) is 0 Å². The molecule has 1 saturated heterocycles. The minimum absolute atomic E-state index is 0.0129. The predicted octanol–water partition coefficient (Wildman–Crippen LogP) is 1.00. The van der Waals surface area contributed by atoms with E-state index in [4.69, 9.17) is 21.6 Å². The van der Waals surface area contributed by atoms with Crippen LogP contribution in [0.25, 0.3) is 0 Å². The molecule has 1 aliphatic rings. The van der Waals surface area contributed by atoms with E-state index in [1.807, 2.05) is 6.07 Å². The van der Waals surface area contributed by atoms with Crippen molar-refractivity contribution in [1.82, 2.24) is 4.90 Å². The first kappa shape index (κ1) is 12.3. The van der Waals surface area contributed by atoms with Crippen molar-refractivity contribution in [3.05, 3.63) is 0 Å². The topological polar surface area (TPSA) is 53.3 Å². The number of carbonyl (C=O) groups is 1. The summed E-state index contributed by atoms with van der Waals surface area (Å²) in [6, 6.07) is 2.01. The quantitative estimate of drug-likeness (QED) is 0.665. The van der Waals surface area contributed by atoms with E-state index >= 15 is 0 Å². The van der Waals surface area contributed by atoms with Gasteiger partial charge >= 0.3 is 0 Å². The highest BCUT2D eigenvalue weighted by Crippen LogP contribution is 2.22. The number of ether oxygens (including phenoxy) is 1. The van der Waals surface area contributed by atoms with Crippen LogP contribution in [0.15, 0.2) is 0 Å². The van der Waals surface area contributed by atoms with Crippen LogP contribution >= 0.6 is 11.6 Å². The Morgan fingerprint density at radius 2 is 2.40 bits per heavy atom. The van der Waals surface area contributed by atoms with Crippen LogP contribution in [0.1, 0.15) is 13.8 Å². The zero-order valence-electron chi connectivity index (χ0n) is 8.99. The largest absolute Gasteiger partial charge is 0.360 e. The lowest BCUT2D eigenvalue weighted by atomic mass is 9.94. The molecule has 0 aromatic carbocycles. The van der Waals surface area contributed by atoms with E-state index in [1.165, 1.54) is 0 Å². The zero-order chi connectivity index (χ0) is 11.5. The Hall–Kier alpha value is -0.790. The number of nitrogens with zero attached hydrogens (tertiary/aromatic N) is 2. The van der Waals surface area contributed by atoms with Crippen LogP contribution in [-0.4, -0.2) is 42.5 Å². The maximum Gasteiger partial charge on any atom is 0.229 e. The van der Waals surface area contributed by atoms with Gasteiger partial charge in [-0.2, -0.15) is 5.26 Å². The first-order valence-electron chi connectivity index (χ1n) is 4.88. The molecular weight excluding hydrogens is 216 g/mol. The van der Waals surface area contributed by atoms with Crippen molar-refractivity contribution in [1.29, 1.82) is 5.26 Å². The van der Waals surface area contributed by atoms with Gasteiger partial charge in [-0.1, -0.05) is 0 Å². The van der Waals surface area contributed by atoms with E-state index in [1.54, 1.807) is 18.7 Å². The monoisotopic (exact) mass is 230 g/mol. The second kappa shape index (κ2) is 4.82. The van der Waals surface area contributed by atoms with E-state index in [0.717, 1.165) is 0 Å². The summed E-state index contributed by atoms with van der Waals surface area (Å²) in [5, 5.41) is 8.71. The Kier molecular flexibility index (Phi) is 3.95. The number of amides is 1. The van der Waals surface area contributed by atoms with Crippen molar-refractivity contribution in [3.63, 3.8) is 0 Å². The summed E-state index contributed by atoms with van der Waals surface area (Å²) in [6.45, 7) is 4.91. The van der Waals surface area contributed by atoms with Gasteiger partial charge in [-0.15, -0.1) is 11.6 Å². The van der Waals surface area contributed by atoms with Crippen molar-refractivity contribution >= 4 is 17.5 Å². The van der Waals surface area contributed by atoms with E-state index in [9.17, 15) is 4.79 Å². The smallest absolute Gasteiger partial charge is 0.229 e. The molecule has 1 rings (SSSR count). The number of hydrogen-bond acceptors (Lipinski definition) is 3. The van der Waals surface area contributed by atoms with E-state index < -0.39 is 11.5 Å². The molecule has 15 heavy (non-hydrogen) atoms. The second-order valence-corrected chi connectivity index (χ2v) is 4.52. The molecule has 0 aromatic rings. The minimum atomic E-state index is -0.571. The highest BCUT2D eigenvalue weighted by molar-refractivity contribution is 6.19. The molecule has 84 valence electrons. The van der Waals surface area contributed by atoms with Crippen LogP contribution < -0.4 is 0 Å². The zero-order valence-corrected chi connectivity index (χ0v) is 9.75. The number of alkyl halides is 1. The summed E-state index contributed by atoms with van der Waals surface area (Å²) in [7, 11) is 0. The van der Waals surface area contributed by atoms with Crippen molar-refractivity contribution in [3.8, 4) is 6.07 Å². The molecule has 0 N–H and O–H groups in total. The highest BCUT2D eigenvalue weighted by Gasteiger charge is 2.34. The molecule has 4 nitrogen and oxygen atoms in total. The van der Waals surface area contributed by atoms with Crippen molar-refractivity contribution < 1.29 is 9.53 Å². The fourth-order valence-corrected chi connectivity index (χ4v) is 1.51. The predicted molar refractivity (Wildman–Crippen MR) is 56.4 cm³/mol. The van der Waals surface area contributed by atoms with Crippen LogP contribution in [0, 0.1) is 16.7 Å². The first-order chi connectivity index (χ1) is 7.01. The average molecular weight is 231 g/mol. The van der Waals surface area contributed by atoms with E-state index in [-0.39, 0.29) is 11.8 Å². The van der Waals surface area contributed by atoms with Crippen molar-refractivity contribution in [2.75, 3.05) is 25.6 Å². The van der Waals surface area contributed by atoms with E-state index in [2.05, 4.69) is 0 Å². The summed E-state index contributed by atoms with van der Waals surface area (Å²) in [5.41, 5.74) is -0.571. The van der Waals surface area contributed by atoms with Gasteiger partial charge in [0.15, 0.2) is 6.10 Å². The van der Waals surface area contributed by atoms with Gasteiger partial charge in [-0.3, -0.25) is 4.79 Å².